The fourth-order valence-electron chi connectivity index (χ4n) is 8.39. The van der Waals surface area contributed by atoms with Crippen LogP contribution in [0, 0.1) is 0 Å². The first-order valence-corrected chi connectivity index (χ1v) is 31.8. The van der Waals surface area contributed by atoms with Crippen LogP contribution in [0.25, 0.3) is 0 Å². The molecule has 0 amide bonds. The molecule has 6 heteroatoms. The summed E-state index contributed by atoms with van der Waals surface area (Å²) in [6, 6.07) is 0. The highest BCUT2D eigenvalue weighted by molar-refractivity contribution is 5.71. The van der Waals surface area contributed by atoms with Gasteiger partial charge in [-0.1, -0.05) is 276 Å². The molecule has 0 spiro atoms. The van der Waals surface area contributed by atoms with Crippen LogP contribution in [-0.2, 0) is 28.6 Å². The van der Waals surface area contributed by atoms with Crippen molar-refractivity contribution in [1.29, 1.82) is 0 Å². The largest absolute Gasteiger partial charge is 0.462 e. The second kappa shape index (κ2) is 64.8. The lowest BCUT2D eigenvalue weighted by Gasteiger charge is -2.18. The zero-order valence-electron chi connectivity index (χ0n) is 50.4. The summed E-state index contributed by atoms with van der Waals surface area (Å²) in [5.74, 6) is -0.947. The van der Waals surface area contributed by atoms with Gasteiger partial charge in [0.2, 0.25) is 0 Å². The molecule has 0 saturated carbocycles. The molecule has 0 bridgehead atoms. The van der Waals surface area contributed by atoms with Crippen LogP contribution in [0.15, 0.2) is 146 Å². The van der Waals surface area contributed by atoms with Gasteiger partial charge in [0, 0.05) is 19.3 Å². The Bertz CT molecular complexity index is 1710. The van der Waals surface area contributed by atoms with Crippen LogP contribution in [0.3, 0.4) is 0 Å². The van der Waals surface area contributed by atoms with E-state index in [0.29, 0.717) is 19.3 Å². The number of hydrogen-bond acceptors (Lipinski definition) is 6. The molecule has 0 aromatic heterocycles. The summed E-state index contributed by atoms with van der Waals surface area (Å²) in [5.41, 5.74) is 0. The van der Waals surface area contributed by atoms with E-state index in [4.69, 9.17) is 14.2 Å². The Morgan fingerprint density at radius 1 is 0.269 bits per heavy atom. The summed E-state index contributed by atoms with van der Waals surface area (Å²) < 4.78 is 16.8. The molecule has 0 N–H and O–H groups in total. The molecule has 0 saturated heterocycles. The average Bonchev–Trinajstić information content (AvgIpc) is 3.44. The molecule has 0 radical (unpaired) electrons. The summed E-state index contributed by atoms with van der Waals surface area (Å²) in [5, 5.41) is 0. The quantitative estimate of drug-likeness (QED) is 0.0261. The number of hydrogen-bond donors (Lipinski definition) is 0. The van der Waals surface area contributed by atoms with Crippen LogP contribution < -0.4 is 0 Å². The van der Waals surface area contributed by atoms with E-state index in [1.165, 1.54) is 89.9 Å². The molecule has 6 nitrogen and oxygen atoms in total. The van der Waals surface area contributed by atoms with E-state index in [0.717, 1.165) is 135 Å². The van der Waals surface area contributed by atoms with E-state index in [1.807, 2.05) is 0 Å². The van der Waals surface area contributed by atoms with Gasteiger partial charge in [0.1, 0.15) is 13.2 Å². The lowest BCUT2D eigenvalue weighted by molar-refractivity contribution is -0.167. The van der Waals surface area contributed by atoms with Crippen molar-refractivity contribution in [3.05, 3.63) is 146 Å². The molecule has 0 heterocycles. The Hall–Kier alpha value is -4.71. The molecule has 1 unspecified atom stereocenters. The zero-order chi connectivity index (χ0) is 56.4. The third-order valence-corrected chi connectivity index (χ3v) is 13.1. The molecule has 0 rings (SSSR count). The highest BCUT2D eigenvalue weighted by Crippen LogP contribution is 2.15. The topological polar surface area (TPSA) is 78.9 Å². The van der Waals surface area contributed by atoms with Crippen molar-refractivity contribution in [2.45, 2.75) is 277 Å². The van der Waals surface area contributed by atoms with E-state index < -0.39 is 6.10 Å². The summed E-state index contributed by atoms with van der Waals surface area (Å²) in [7, 11) is 0. The van der Waals surface area contributed by atoms with E-state index >= 15 is 0 Å². The van der Waals surface area contributed by atoms with Crippen molar-refractivity contribution in [1.82, 2.24) is 0 Å². The van der Waals surface area contributed by atoms with Crippen molar-refractivity contribution < 1.29 is 28.6 Å². The first-order valence-electron chi connectivity index (χ1n) is 31.8. The summed E-state index contributed by atoms with van der Waals surface area (Å²) in [6.45, 7) is 6.36. The van der Waals surface area contributed by atoms with Crippen molar-refractivity contribution in [2.24, 2.45) is 0 Å². The van der Waals surface area contributed by atoms with Gasteiger partial charge in [-0.05, 0) is 122 Å². The minimum Gasteiger partial charge on any atom is -0.462 e. The van der Waals surface area contributed by atoms with Gasteiger partial charge in [-0.2, -0.15) is 0 Å². The van der Waals surface area contributed by atoms with Gasteiger partial charge in [0.15, 0.2) is 6.10 Å². The molecule has 78 heavy (non-hydrogen) atoms. The monoisotopic (exact) mass is 1080 g/mol. The Labute approximate surface area is 480 Å². The lowest BCUT2D eigenvalue weighted by atomic mass is 10.1. The molecule has 1 atom stereocenters. The van der Waals surface area contributed by atoms with Gasteiger partial charge < -0.3 is 14.2 Å². The fraction of sp³-hybridized carbons (Fsp3) is 0.625. The van der Waals surface area contributed by atoms with Crippen LogP contribution in [0.5, 0.6) is 0 Å². The van der Waals surface area contributed by atoms with Gasteiger partial charge in [-0.3, -0.25) is 14.4 Å². The molecule has 0 aliphatic carbocycles. The van der Waals surface area contributed by atoms with Crippen LogP contribution >= 0.6 is 0 Å². The van der Waals surface area contributed by atoms with Crippen LogP contribution in [0.4, 0.5) is 0 Å². The number of ether oxygens (including phenoxy) is 3. The van der Waals surface area contributed by atoms with Gasteiger partial charge in [0.05, 0.1) is 0 Å². The maximum atomic E-state index is 12.8. The van der Waals surface area contributed by atoms with Gasteiger partial charge in [-0.25, -0.2) is 0 Å². The Morgan fingerprint density at radius 2 is 0.500 bits per heavy atom. The normalized spacial score (nSPS) is 13.1. The molecular formula is C72H116O6. The molecular weight excluding hydrogens is 961 g/mol. The number of rotatable bonds is 56. The average molecular weight is 1080 g/mol. The summed E-state index contributed by atoms with van der Waals surface area (Å²) in [6.07, 6.45) is 93.0. The van der Waals surface area contributed by atoms with Crippen molar-refractivity contribution in [3.63, 3.8) is 0 Å². The third kappa shape index (κ3) is 62.1. The summed E-state index contributed by atoms with van der Waals surface area (Å²) >= 11 is 0. The molecule has 0 aliphatic heterocycles. The van der Waals surface area contributed by atoms with Crippen LogP contribution in [-0.4, -0.2) is 37.2 Å². The Morgan fingerprint density at radius 3 is 0.808 bits per heavy atom. The van der Waals surface area contributed by atoms with Crippen molar-refractivity contribution in [2.75, 3.05) is 13.2 Å². The summed E-state index contributed by atoms with van der Waals surface area (Å²) in [4.78, 5) is 38.1. The SMILES string of the molecule is CC/C=C\C/C=C\C/C=C\C/C=C\C/C=C\C/C=C\C/C=C\C/C=C\CCCCCCCCCCCCC(=O)OCC(COC(=O)CCCCCCCCCCCC)OC(=O)CCCC/C=C\C/C=C\C/C=C\C/C=C\CC. The molecule has 0 fully saturated rings. The fourth-order valence-corrected chi connectivity index (χ4v) is 8.39. The smallest absolute Gasteiger partial charge is 0.306 e. The van der Waals surface area contributed by atoms with E-state index in [2.05, 4.69) is 167 Å². The zero-order valence-corrected chi connectivity index (χ0v) is 50.4. The maximum absolute atomic E-state index is 12.8. The minimum absolute atomic E-state index is 0.0975. The molecule has 0 aromatic rings. The van der Waals surface area contributed by atoms with Crippen LogP contribution in [0.1, 0.15) is 271 Å². The van der Waals surface area contributed by atoms with Gasteiger partial charge >= 0.3 is 17.9 Å². The highest BCUT2D eigenvalue weighted by atomic mass is 16.6. The highest BCUT2D eigenvalue weighted by Gasteiger charge is 2.19. The number of carbonyl (C=O) groups excluding carboxylic acids is 3. The van der Waals surface area contributed by atoms with Gasteiger partial charge in [-0.15, -0.1) is 0 Å². The number of allylic oxidation sites excluding steroid dienone is 24. The molecule has 440 valence electrons. The maximum Gasteiger partial charge on any atom is 0.306 e. The van der Waals surface area contributed by atoms with E-state index in [-0.39, 0.29) is 37.5 Å². The van der Waals surface area contributed by atoms with E-state index in [9.17, 15) is 14.4 Å². The van der Waals surface area contributed by atoms with Gasteiger partial charge in [0.25, 0.3) is 0 Å². The van der Waals surface area contributed by atoms with Crippen LogP contribution in [0.2, 0.25) is 0 Å². The first kappa shape index (κ1) is 73.3. The minimum atomic E-state index is -0.804. The second-order valence-electron chi connectivity index (χ2n) is 20.6. The number of carbonyl (C=O) groups is 3. The first-order chi connectivity index (χ1) is 38.5. The molecule has 0 aromatic carbocycles. The predicted octanol–water partition coefficient (Wildman–Crippen LogP) is 21.9. The Kier molecular flexibility index (Phi) is 60.9. The molecule has 0 aliphatic rings. The van der Waals surface area contributed by atoms with E-state index in [1.54, 1.807) is 0 Å². The Balaban J connectivity index is 4.21. The predicted molar refractivity (Wildman–Crippen MR) is 339 cm³/mol. The van der Waals surface area contributed by atoms with Crippen molar-refractivity contribution in [3.8, 4) is 0 Å². The number of esters is 3. The number of unbranched alkanes of at least 4 members (excludes halogenated alkanes) is 21. The standard InChI is InChI=1S/C72H116O6/c1-4-7-10-13-16-19-22-24-26-27-28-29-30-31-32-33-34-35-36-37-38-39-40-41-42-43-44-45-47-48-50-53-56-59-62-65-71(74)77-68-69(67-76-70(73)64-61-58-55-52-21-18-15-12-9-6-3)78-72(75)66-63-60-57-54-51-49-46-25-23-20-17-14-11-8-5-2/h7-8,10-11,16-17,19-20,24-26,28-29,31-32,34-35,37-38,40-41,46,51,54,69H,4-6,9,12-15,18,21-23,27,30,33,36,39,42-45,47-50,52-53,55-68H2,1-3H3/b10-7-,11-8-,19-16-,20-17-,26-24-,29-28-,32-31-,35-34-,38-37-,41-40-,46-25-,54-51-. The second-order valence-corrected chi connectivity index (χ2v) is 20.6. The third-order valence-electron chi connectivity index (χ3n) is 13.1. The lowest BCUT2D eigenvalue weighted by Crippen LogP contribution is -2.30. The van der Waals surface area contributed by atoms with Crippen molar-refractivity contribution >= 4 is 17.9 Å².